The molecular formula is C28H34N8O2. The molecule has 0 amide bonds. The van der Waals surface area contributed by atoms with Crippen LogP contribution in [0, 0.1) is 6.92 Å². The van der Waals surface area contributed by atoms with Gasteiger partial charge >= 0.3 is 0 Å². The lowest BCUT2D eigenvalue weighted by Gasteiger charge is -2.35. The Morgan fingerprint density at radius 3 is 2.58 bits per heavy atom. The number of piperazine rings is 1. The van der Waals surface area contributed by atoms with Gasteiger partial charge in [-0.15, -0.1) is 6.58 Å². The molecule has 4 heterocycles. The van der Waals surface area contributed by atoms with Crippen molar-refractivity contribution in [1.82, 2.24) is 29.2 Å². The molecule has 0 saturated carbocycles. The number of aliphatic hydroxyl groups is 1. The normalized spacial score (nSPS) is 14.7. The van der Waals surface area contributed by atoms with Crippen LogP contribution in [0.5, 0.6) is 0 Å². The van der Waals surface area contributed by atoms with Gasteiger partial charge in [0.05, 0.1) is 12.2 Å². The lowest BCUT2D eigenvalue weighted by molar-refractivity contribution is 0.0738. The number of aryl methyl sites for hydroxylation is 1. The van der Waals surface area contributed by atoms with Crippen molar-refractivity contribution in [1.29, 1.82) is 0 Å². The Morgan fingerprint density at radius 2 is 1.89 bits per heavy atom. The third-order valence-corrected chi connectivity index (χ3v) is 6.85. The highest BCUT2D eigenvalue weighted by atomic mass is 16.3. The summed E-state index contributed by atoms with van der Waals surface area (Å²) in [5.74, 6) is 0.836. The number of aromatic nitrogens is 5. The highest BCUT2D eigenvalue weighted by Crippen LogP contribution is 2.26. The van der Waals surface area contributed by atoms with Crippen molar-refractivity contribution in [2.45, 2.75) is 32.9 Å². The number of nitrogens with one attached hydrogen (secondary N) is 1. The zero-order valence-electron chi connectivity index (χ0n) is 22.3. The second kappa shape index (κ2) is 10.0. The van der Waals surface area contributed by atoms with Gasteiger partial charge in [-0.3, -0.25) is 4.79 Å². The van der Waals surface area contributed by atoms with Crippen LogP contribution in [0.4, 0.5) is 17.3 Å². The first-order valence-electron chi connectivity index (χ1n) is 12.8. The number of hydrogen-bond donors (Lipinski definition) is 2. The van der Waals surface area contributed by atoms with Gasteiger partial charge in [-0.2, -0.15) is 4.98 Å². The van der Waals surface area contributed by atoms with Crippen LogP contribution in [-0.2, 0) is 12.1 Å². The van der Waals surface area contributed by atoms with E-state index >= 15 is 0 Å². The molecule has 10 heteroatoms. The fourth-order valence-electron chi connectivity index (χ4n) is 4.76. The highest BCUT2D eigenvalue weighted by Gasteiger charge is 2.22. The van der Waals surface area contributed by atoms with E-state index in [0.29, 0.717) is 28.5 Å². The molecule has 0 aliphatic carbocycles. The molecule has 1 aliphatic rings. The summed E-state index contributed by atoms with van der Waals surface area (Å²) in [7, 11) is 2.15. The Kier molecular flexibility index (Phi) is 6.77. The summed E-state index contributed by atoms with van der Waals surface area (Å²) >= 11 is 0. The smallest absolute Gasteiger partial charge is 0.278 e. The molecule has 4 aromatic rings. The zero-order valence-corrected chi connectivity index (χ0v) is 22.3. The van der Waals surface area contributed by atoms with Crippen molar-refractivity contribution in [3.05, 3.63) is 76.9 Å². The van der Waals surface area contributed by atoms with Gasteiger partial charge in [-0.05, 0) is 63.7 Å². The minimum Gasteiger partial charge on any atom is -0.384 e. The largest absolute Gasteiger partial charge is 0.384 e. The van der Waals surface area contributed by atoms with E-state index < -0.39 is 5.60 Å². The molecule has 0 unspecified atom stereocenters. The monoisotopic (exact) mass is 514 g/mol. The number of hydrogen-bond acceptors (Lipinski definition) is 8. The predicted octanol–water partition coefficient (Wildman–Crippen LogP) is 3.19. The van der Waals surface area contributed by atoms with Gasteiger partial charge in [0, 0.05) is 43.8 Å². The van der Waals surface area contributed by atoms with Crippen molar-refractivity contribution in [2.24, 2.45) is 0 Å². The number of rotatable bonds is 7. The van der Waals surface area contributed by atoms with Crippen molar-refractivity contribution in [2.75, 3.05) is 43.4 Å². The number of nitrogens with zero attached hydrogens (tertiary/aromatic N) is 7. The summed E-state index contributed by atoms with van der Waals surface area (Å²) in [6.07, 6.45) is 3.18. The third-order valence-electron chi connectivity index (χ3n) is 6.85. The molecule has 0 spiro atoms. The number of fused-ring (bicyclic) bond motifs is 1. The third kappa shape index (κ3) is 4.92. The van der Waals surface area contributed by atoms with Crippen molar-refractivity contribution < 1.29 is 5.11 Å². The number of benzene rings is 1. The molecule has 1 aromatic carbocycles. The molecule has 5 rings (SSSR count). The van der Waals surface area contributed by atoms with Gasteiger partial charge in [-0.25, -0.2) is 19.3 Å². The fourth-order valence-corrected chi connectivity index (χ4v) is 4.76. The van der Waals surface area contributed by atoms with E-state index in [2.05, 4.69) is 57.8 Å². The van der Waals surface area contributed by atoms with E-state index in [0.717, 1.165) is 31.9 Å². The van der Waals surface area contributed by atoms with Crippen LogP contribution in [0.25, 0.3) is 16.9 Å². The quantitative estimate of drug-likeness (QED) is 0.363. The van der Waals surface area contributed by atoms with Crippen molar-refractivity contribution in [3.63, 3.8) is 0 Å². The van der Waals surface area contributed by atoms with E-state index in [9.17, 15) is 9.90 Å². The summed E-state index contributed by atoms with van der Waals surface area (Å²) < 4.78 is 3.17. The molecule has 1 aliphatic heterocycles. The molecule has 38 heavy (non-hydrogen) atoms. The van der Waals surface area contributed by atoms with E-state index in [4.69, 9.17) is 4.98 Å². The van der Waals surface area contributed by atoms with E-state index in [-0.39, 0.29) is 12.1 Å². The van der Waals surface area contributed by atoms with Crippen LogP contribution in [0.2, 0.25) is 0 Å². The minimum absolute atomic E-state index is 0.241. The molecule has 0 bridgehead atoms. The van der Waals surface area contributed by atoms with Crippen LogP contribution >= 0.6 is 0 Å². The first-order valence-corrected chi connectivity index (χ1v) is 12.8. The van der Waals surface area contributed by atoms with Crippen LogP contribution in [0.1, 0.15) is 25.1 Å². The first-order chi connectivity index (χ1) is 18.2. The second-order valence-electron chi connectivity index (χ2n) is 10.3. The molecule has 0 atom stereocenters. The number of allylic oxidation sites excluding steroid dienone is 1. The Balaban J connectivity index is 1.52. The SMILES string of the molecule is C=CCn1c(=O)c2cnc(Nc3ccc(N4CCN(C)CC4)c(C)c3)nc2n1-c1cccc(C(C)(C)O)n1. The maximum Gasteiger partial charge on any atom is 0.278 e. The summed E-state index contributed by atoms with van der Waals surface area (Å²) in [5.41, 5.74) is 2.78. The number of pyridine rings is 1. The number of likely N-dealkylation sites (N-methyl/N-ethyl adjacent to an activating group) is 1. The molecule has 1 fully saturated rings. The van der Waals surface area contributed by atoms with E-state index in [1.54, 1.807) is 42.8 Å². The molecule has 1 saturated heterocycles. The summed E-state index contributed by atoms with van der Waals surface area (Å²) in [6, 6.07) is 11.6. The zero-order chi connectivity index (χ0) is 27.0. The fraction of sp³-hybridized carbons (Fsp3) is 0.357. The van der Waals surface area contributed by atoms with Crippen LogP contribution in [-0.4, -0.2) is 67.5 Å². The Labute approximate surface area is 221 Å². The lowest BCUT2D eigenvalue weighted by Crippen LogP contribution is -2.44. The number of anilines is 3. The summed E-state index contributed by atoms with van der Waals surface area (Å²) in [5, 5.41) is 14.2. The maximum absolute atomic E-state index is 13.2. The average Bonchev–Trinajstić information content (AvgIpc) is 3.15. The first kappa shape index (κ1) is 25.6. The molecule has 2 N–H and O–H groups in total. The molecule has 10 nitrogen and oxygen atoms in total. The summed E-state index contributed by atoms with van der Waals surface area (Å²) in [6.45, 7) is 13.6. The van der Waals surface area contributed by atoms with Gasteiger partial charge in [-0.1, -0.05) is 12.1 Å². The molecule has 0 radical (unpaired) electrons. The standard InChI is InChI=1S/C28H34N8O2/c1-6-12-35-26(37)21-18-29-27(32-25(21)36(35)24-9-7-8-23(31-24)28(3,4)38)30-20-10-11-22(19(2)17-20)34-15-13-33(5)14-16-34/h6-11,17-18,38H,1,12-16H2,2-5H3,(H,29,30,32). The Hall–Kier alpha value is -4.02. The van der Waals surface area contributed by atoms with Gasteiger partial charge in [0.2, 0.25) is 5.95 Å². The molecule has 198 valence electrons. The minimum atomic E-state index is -1.14. The Bertz CT molecular complexity index is 1540. The van der Waals surface area contributed by atoms with Crippen molar-refractivity contribution in [3.8, 4) is 5.82 Å². The average molecular weight is 515 g/mol. The topological polar surface area (TPSA) is 104 Å². The van der Waals surface area contributed by atoms with Crippen LogP contribution < -0.4 is 15.8 Å². The highest BCUT2D eigenvalue weighted by molar-refractivity contribution is 5.77. The molecular weight excluding hydrogens is 480 g/mol. The Morgan fingerprint density at radius 1 is 1.13 bits per heavy atom. The molecule has 3 aromatic heterocycles. The van der Waals surface area contributed by atoms with Gasteiger partial charge in [0.1, 0.15) is 11.0 Å². The lowest BCUT2D eigenvalue weighted by atomic mass is 10.1. The van der Waals surface area contributed by atoms with Gasteiger partial charge in [0.15, 0.2) is 11.5 Å². The maximum atomic E-state index is 13.2. The summed E-state index contributed by atoms with van der Waals surface area (Å²) in [4.78, 5) is 31.8. The predicted molar refractivity (Wildman–Crippen MR) is 151 cm³/mol. The second-order valence-corrected chi connectivity index (χ2v) is 10.3. The van der Waals surface area contributed by atoms with Crippen molar-refractivity contribution >= 4 is 28.4 Å². The van der Waals surface area contributed by atoms with E-state index in [1.165, 1.54) is 22.1 Å². The van der Waals surface area contributed by atoms with Gasteiger partial charge < -0.3 is 20.2 Å². The van der Waals surface area contributed by atoms with E-state index in [1.807, 2.05) is 6.07 Å². The van der Waals surface area contributed by atoms with Gasteiger partial charge in [0.25, 0.3) is 5.56 Å². The van der Waals surface area contributed by atoms with Crippen LogP contribution in [0.3, 0.4) is 0 Å². The van der Waals surface area contributed by atoms with Crippen LogP contribution in [0.15, 0.2) is 60.0 Å².